The maximum atomic E-state index is 11.3. The fraction of sp³-hybridized carbons (Fsp3) is 0. The van der Waals surface area contributed by atoms with Crippen LogP contribution < -0.4 is 4.73 Å². The molecule has 0 atom stereocenters. The molecule has 2 aromatic heterocycles. The summed E-state index contributed by atoms with van der Waals surface area (Å²) in [6, 6.07) is 7.34. The molecule has 0 saturated carbocycles. The number of pyridine rings is 2. The molecular formula is C10H7BrN2O. The van der Waals surface area contributed by atoms with Crippen LogP contribution in [0.25, 0.3) is 11.1 Å². The van der Waals surface area contributed by atoms with Gasteiger partial charge in [-0.1, -0.05) is 6.07 Å². The molecule has 2 rings (SSSR count). The van der Waals surface area contributed by atoms with E-state index in [4.69, 9.17) is 0 Å². The molecule has 2 aromatic rings. The second kappa shape index (κ2) is 3.75. The van der Waals surface area contributed by atoms with E-state index in [9.17, 15) is 5.21 Å². The highest BCUT2D eigenvalue weighted by atomic mass is 79.9. The van der Waals surface area contributed by atoms with Gasteiger partial charge in [0.25, 0.3) is 4.60 Å². The third kappa shape index (κ3) is 1.75. The van der Waals surface area contributed by atoms with Crippen LogP contribution in [0.4, 0.5) is 0 Å². The molecule has 0 unspecified atom stereocenters. The molecule has 0 aliphatic rings. The van der Waals surface area contributed by atoms with E-state index in [1.165, 1.54) is 6.20 Å². The van der Waals surface area contributed by atoms with Crippen molar-refractivity contribution in [3.05, 3.63) is 52.7 Å². The van der Waals surface area contributed by atoms with Gasteiger partial charge in [0.15, 0.2) is 6.20 Å². The van der Waals surface area contributed by atoms with E-state index in [-0.39, 0.29) is 0 Å². The van der Waals surface area contributed by atoms with Crippen molar-refractivity contribution in [3.63, 3.8) is 0 Å². The Morgan fingerprint density at radius 3 is 2.71 bits per heavy atom. The van der Waals surface area contributed by atoms with E-state index >= 15 is 0 Å². The summed E-state index contributed by atoms with van der Waals surface area (Å²) in [5.41, 5.74) is 1.79. The lowest BCUT2D eigenvalue weighted by molar-refractivity contribution is -0.616. The van der Waals surface area contributed by atoms with Crippen molar-refractivity contribution >= 4 is 15.9 Å². The normalized spacial score (nSPS) is 10.1. The minimum atomic E-state index is 0.505. The second-order valence-corrected chi connectivity index (χ2v) is 3.62. The zero-order valence-electron chi connectivity index (χ0n) is 7.22. The fourth-order valence-electron chi connectivity index (χ4n) is 1.17. The highest BCUT2D eigenvalue weighted by Gasteiger charge is 2.04. The van der Waals surface area contributed by atoms with Gasteiger partial charge in [-0.3, -0.25) is 4.98 Å². The van der Waals surface area contributed by atoms with Crippen molar-refractivity contribution in [2.75, 3.05) is 0 Å². The molecule has 0 N–H and O–H groups in total. The summed E-state index contributed by atoms with van der Waals surface area (Å²) in [6.45, 7) is 0. The predicted octanol–water partition coefficient (Wildman–Crippen LogP) is 2.14. The van der Waals surface area contributed by atoms with Crippen LogP contribution in [-0.2, 0) is 0 Å². The largest absolute Gasteiger partial charge is 0.618 e. The molecule has 3 nitrogen and oxygen atoms in total. The van der Waals surface area contributed by atoms with Crippen molar-refractivity contribution in [1.82, 2.24) is 4.98 Å². The van der Waals surface area contributed by atoms with Crippen LogP contribution in [0.1, 0.15) is 0 Å². The quantitative estimate of drug-likeness (QED) is 0.442. The summed E-state index contributed by atoms with van der Waals surface area (Å²) >= 11 is 3.14. The number of hydrogen-bond donors (Lipinski definition) is 0. The molecular weight excluding hydrogens is 244 g/mol. The number of halogens is 1. The number of rotatable bonds is 1. The Balaban J connectivity index is 2.48. The summed E-state index contributed by atoms with van der Waals surface area (Å²) in [5, 5.41) is 11.3. The van der Waals surface area contributed by atoms with E-state index in [1.54, 1.807) is 18.5 Å². The fourth-order valence-corrected chi connectivity index (χ4v) is 1.40. The van der Waals surface area contributed by atoms with Gasteiger partial charge in [-0.05, 0) is 12.1 Å². The van der Waals surface area contributed by atoms with Crippen LogP contribution in [0.5, 0.6) is 0 Å². The van der Waals surface area contributed by atoms with Crippen molar-refractivity contribution in [2.24, 2.45) is 0 Å². The molecule has 14 heavy (non-hydrogen) atoms. The number of aromatic nitrogens is 2. The molecule has 0 amide bonds. The minimum Gasteiger partial charge on any atom is -0.618 e. The van der Waals surface area contributed by atoms with Crippen LogP contribution >= 0.6 is 15.9 Å². The SMILES string of the molecule is [O-][n+]1cc(-c2cccnc2)ccc1Br. The van der Waals surface area contributed by atoms with E-state index < -0.39 is 0 Å². The van der Waals surface area contributed by atoms with E-state index in [0.29, 0.717) is 4.60 Å². The van der Waals surface area contributed by atoms with E-state index in [0.717, 1.165) is 15.9 Å². The molecule has 0 fully saturated rings. The van der Waals surface area contributed by atoms with Gasteiger partial charge in [-0.25, -0.2) is 0 Å². The zero-order chi connectivity index (χ0) is 9.97. The van der Waals surface area contributed by atoms with Crippen LogP contribution in [0.3, 0.4) is 0 Å². The monoisotopic (exact) mass is 250 g/mol. The molecule has 0 bridgehead atoms. The van der Waals surface area contributed by atoms with Gasteiger partial charge in [0, 0.05) is 45.5 Å². The first-order valence-electron chi connectivity index (χ1n) is 4.06. The summed E-state index contributed by atoms with van der Waals surface area (Å²) < 4.78 is 1.28. The third-order valence-electron chi connectivity index (χ3n) is 1.86. The lowest BCUT2D eigenvalue weighted by Crippen LogP contribution is -2.27. The maximum Gasteiger partial charge on any atom is 0.259 e. The Labute approximate surface area is 89.8 Å². The van der Waals surface area contributed by atoms with Crippen molar-refractivity contribution in [3.8, 4) is 11.1 Å². The Hall–Kier alpha value is -1.42. The molecule has 0 spiro atoms. The van der Waals surface area contributed by atoms with Gasteiger partial charge in [0.2, 0.25) is 0 Å². The van der Waals surface area contributed by atoms with Crippen molar-refractivity contribution in [1.29, 1.82) is 0 Å². The zero-order valence-corrected chi connectivity index (χ0v) is 8.81. The first-order valence-corrected chi connectivity index (χ1v) is 4.86. The lowest BCUT2D eigenvalue weighted by Gasteiger charge is -2.02. The smallest absolute Gasteiger partial charge is 0.259 e. The highest BCUT2D eigenvalue weighted by Crippen LogP contribution is 2.17. The minimum absolute atomic E-state index is 0.505. The first-order chi connectivity index (χ1) is 6.77. The average molecular weight is 251 g/mol. The van der Waals surface area contributed by atoms with Gasteiger partial charge in [0.1, 0.15) is 0 Å². The Morgan fingerprint density at radius 2 is 2.07 bits per heavy atom. The standard InChI is InChI=1S/C10H7BrN2O/c11-10-4-3-9(7-13(10)14)8-2-1-5-12-6-8/h1-7H. The Morgan fingerprint density at radius 1 is 1.21 bits per heavy atom. The van der Waals surface area contributed by atoms with Crippen molar-refractivity contribution < 1.29 is 4.73 Å². The summed E-state index contributed by atoms with van der Waals surface area (Å²) in [4.78, 5) is 3.99. The number of hydrogen-bond acceptors (Lipinski definition) is 2. The van der Waals surface area contributed by atoms with E-state index in [2.05, 4.69) is 20.9 Å². The highest BCUT2D eigenvalue weighted by molar-refractivity contribution is 9.10. The van der Waals surface area contributed by atoms with Gasteiger partial charge >= 0.3 is 0 Å². The topological polar surface area (TPSA) is 39.8 Å². The molecule has 0 aliphatic heterocycles. The lowest BCUT2D eigenvalue weighted by atomic mass is 10.1. The summed E-state index contributed by atoms with van der Waals surface area (Å²) in [5.74, 6) is 0. The van der Waals surface area contributed by atoms with Crippen LogP contribution in [0.2, 0.25) is 0 Å². The molecule has 0 aromatic carbocycles. The van der Waals surface area contributed by atoms with Gasteiger partial charge in [-0.15, -0.1) is 0 Å². The predicted molar refractivity (Wildman–Crippen MR) is 56.3 cm³/mol. The summed E-state index contributed by atoms with van der Waals surface area (Å²) in [7, 11) is 0. The Bertz CT molecular complexity index is 445. The number of nitrogens with zero attached hydrogens (tertiary/aromatic N) is 2. The van der Waals surface area contributed by atoms with Gasteiger partial charge < -0.3 is 5.21 Å². The second-order valence-electron chi connectivity index (χ2n) is 2.81. The van der Waals surface area contributed by atoms with Gasteiger partial charge in [-0.2, -0.15) is 4.73 Å². The summed E-state index contributed by atoms with van der Waals surface area (Å²) in [6.07, 6.45) is 4.94. The van der Waals surface area contributed by atoms with Crippen molar-refractivity contribution in [2.45, 2.75) is 0 Å². The Kier molecular flexibility index (Phi) is 2.45. The molecule has 70 valence electrons. The molecule has 0 aliphatic carbocycles. The van der Waals surface area contributed by atoms with E-state index in [1.807, 2.05) is 18.2 Å². The van der Waals surface area contributed by atoms with Crippen LogP contribution in [0, 0.1) is 5.21 Å². The van der Waals surface area contributed by atoms with Gasteiger partial charge in [0.05, 0.1) is 0 Å². The molecule has 0 radical (unpaired) electrons. The maximum absolute atomic E-state index is 11.3. The average Bonchev–Trinajstić information content (AvgIpc) is 2.23. The first kappa shape index (κ1) is 9.15. The molecule has 2 heterocycles. The van der Waals surface area contributed by atoms with Crippen LogP contribution in [0.15, 0.2) is 47.5 Å². The third-order valence-corrected chi connectivity index (χ3v) is 2.48. The molecule has 0 saturated heterocycles. The van der Waals surface area contributed by atoms with Crippen LogP contribution in [-0.4, -0.2) is 4.98 Å². The molecule has 4 heteroatoms.